The number of nitrogens with one attached hydrogen (secondary N) is 2. The Kier molecular flexibility index (Phi) is 7.41. The van der Waals surface area contributed by atoms with Gasteiger partial charge in [0.2, 0.25) is 5.88 Å². The molecule has 0 radical (unpaired) electrons. The molecule has 2 aromatic heterocycles. The van der Waals surface area contributed by atoms with Gasteiger partial charge in [-0.2, -0.15) is 18.3 Å². The Morgan fingerprint density at radius 3 is 2.51 bits per heavy atom. The molecule has 0 bridgehead atoms. The fourth-order valence-electron chi connectivity index (χ4n) is 4.51. The lowest BCUT2D eigenvalue weighted by Gasteiger charge is -2.30. The summed E-state index contributed by atoms with van der Waals surface area (Å²) in [6, 6.07) is 5.81. The van der Waals surface area contributed by atoms with Gasteiger partial charge in [-0.15, -0.1) is 0 Å². The van der Waals surface area contributed by atoms with Crippen LogP contribution in [0.15, 0.2) is 24.5 Å². The van der Waals surface area contributed by atoms with Crippen molar-refractivity contribution in [1.82, 2.24) is 30.1 Å². The smallest absolute Gasteiger partial charge is 0.390 e. The van der Waals surface area contributed by atoms with E-state index in [2.05, 4.69) is 20.8 Å². The van der Waals surface area contributed by atoms with Crippen LogP contribution in [0, 0.1) is 0 Å². The molecule has 0 aliphatic heterocycles. The molecule has 192 valence electrons. The Balaban J connectivity index is 1.50. The van der Waals surface area contributed by atoms with Crippen LogP contribution in [0.5, 0.6) is 11.6 Å². The summed E-state index contributed by atoms with van der Waals surface area (Å²) in [6.45, 7) is -0.0433. The molecular formula is C23H32F3N7O2. The molecular weight excluding hydrogens is 463 g/mol. The number of hydrazine groups is 1. The average Bonchev–Trinajstić information content (AvgIpc) is 3.37. The molecule has 2 heterocycles. The number of aryl methyl sites for hydroxylation is 2. The van der Waals surface area contributed by atoms with E-state index in [1.54, 1.807) is 32.2 Å². The molecule has 0 spiro atoms. The highest BCUT2D eigenvalue weighted by Crippen LogP contribution is 2.36. The second-order valence-corrected chi connectivity index (χ2v) is 8.80. The maximum atomic E-state index is 12.4. The van der Waals surface area contributed by atoms with E-state index in [1.165, 1.54) is 0 Å². The Labute approximate surface area is 202 Å². The van der Waals surface area contributed by atoms with E-state index in [0.29, 0.717) is 17.4 Å². The summed E-state index contributed by atoms with van der Waals surface area (Å²) >= 11 is 0. The van der Waals surface area contributed by atoms with Crippen molar-refractivity contribution in [3.05, 3.63) is 24.5 Å². The lowest BCUT2D eigenvalue weighted by atomic mass is 9.93. The van der Waals surface area contributed by atoms with E-state index in [-0.39, 0.29) is 18.7 Å². The average molecular weight is 496 g/mol. The summed E-state index contributed by atoms with van der Waals surface area (Å²) < 4.78 is 52.5. The molecule has 35 heavy (non-hydrogen) atoms. The number of aromatic nitrogens is 4. The monoisotopic (exact) mass is 495 g/mol. The molecule has 1 aromatic carbocycles. The zero-order valence-corrected chi connectivity index (χ0v) is 20.4. The number of nitrogens with zero attached hydrogens (tertiary/aromatic N) is 5. The zero-order chi connectivity index (χ0) is 25.2. The Morgan fingerprint density at radius 2 is 1.89 bits per heavy atom. The van der Waals surface area contributed by atoms with E-state index in [0.717, 1.165) is 42.4 Å². The third-order valence-corrected chi connectivity index (χ3v) is 6.33. The van der Waals surface area contributed by atoms with Crippen molar-refractivity contribution >= 4 is 22.5 Å². The maximum Gasteiger partial charge on any atom is 0.390 e. The number of halogens is 3. The lowest BCUT2D eigenvalue weighted by molar-refractivity contribution is -0.133. The van der Waals surface area contributed by atoms with Crippen molar-refractivity contribution < 1.29 is 22.6 Å². The largest absolute Gasteiger partial charge is 0.490 e. The molecule has 1 saturated carbocycles. The second-order valence-electron chi connectivity index (χ2n) is 8.80. The van der Waals surface area contributed by atoms with Gasteiger partial charge in [-0.3, -0.25) is 5.01 Å². The van der Waals surface area contributed by atoms with Crippen molar-refractivity contribution in [2.24, 2.45) is 14.1 Å². The number of imidazole rings is 1. The van der Waals surface area contributed by atoms with Gasteiger partial charge >= 0.3 is 6.18 Å². The van der Waals surface area contributed by atoms with Crippen molar-refractivity contribution in [1.29, 1.82) is 0 Å². The minimum atomic E-state index is -4.13. The number of rotatable bonds is 9. The zero-order valence-electron chi connectivity index (χ0n) is 20.4. The van der Waals surface area contributed by atoms with Crippen LogP contribution in [0.2, 0.25) is 0 Å². The van der Waals surface area contributed by atoms with Gasteiger partial charge in [0.1, 0.15) is 11.3 Å². The number of hydrogen-bond donors (Lipinski definition) is 2. The number of benzene rings is 1. The standard InChI is InChI=1S/C23H32F3N7O2/c1-27-33(20-13-21(34-4)32(3)30-20)19-12-17(11-18-22(19)29-14-31(18)2)35-16-7-5-15(6-8-16)28-10-9-23(24,25)26/h11-16,27-28H,5-10H2,1-4H3. The van der Waals surface area contributed by atoms with E-state index >= 15 is 0 Å². The van der Waals surface area contributed by atoms with Gasteiger partial charge in [0.05, 0.1) is 37.2 Å². The highest BCUT2D eigenvalue weighted by Gasteiger charge is 2.28. The Hall–Kier alpha value is -2.99. The molecule has 4 rings (SSSR count). The summed E-state index contributed by atoms with van der Waals surface area (Å²) in [5.41, 5.74) is 5.65. The Morgan fingerprint density at radius 1 is 1.14 bits per heavy atom. The first-order valence-corrected chi connectivity index (χ1v) is 11.7. The van der Waals surface area contributed by atoms with Gasteiger partial charge in [-0.05, 0) is 25.7 Å². The number of alkyl halides is 3. The number of ether oxygens (including phenoxy) is 2. The van der Waals surface area contributed by atoms with E-state index in [9.17, 15) is 13.2 Å². The fourth-order valence-corrected chi connectivity index (χ4v) is 4.51. The fraction of sp³-hybridized carbons (Fsp3) is 0.565. The van der Waals surface area contributed by atoms with E-state index < -0.39 is 12.6 Å². The van der Waals surface area contributed by atoms with Crippen molar-refractivity contribution in [3.63, 3.8) is 0 Å². The van der Waals surface area contributed by atoms with Crippen LogP contribution < -0.4 is 25.2 Å². The van der Waals surface area contributed by atoms with Gasteiger partial charge in [0.15, 0.2) is 5.82 Å². The van der Waals surface area contributed by atoms with Crippen LogP contribution in [-0.4, -0.2) is 58.4 Å². The third kappa shape index (κ3) is 5.81. The van der Waals surface area contributed by atoms with E-state index in [4.69, 9.17) is 9.47 Å². The first-order chi connectivity index (χ1) is 16.7. The van der Waals surface area contributed by atoms with Gasteiger partial charge in [0.25, 0.3) is 0 Å². The highest BCUT2D eigenvalue weighted by molar-refractivity contribution is 5.92. The van der Waals surface area contributed by atoms with Crippen molar-refractivity contribution in [2.45, 2.75) is 50.4 Å². The minimum absolute atomic E-state index is 0.00725. The van der Waals surface area contributed by atoms with Crippen LogP contribution in [0.1, 0.15) is 32.1 Å². The number of fused-ring (bicyclic) bond motifs is 1. The first kappa shape index (κ1) is 25.1. The summed E-state index contributed by atoms with van der Waals surface area (Å²) in [6.07, 6.45) is -0.0852. The van der Waals surface area contributed by atoms with Crippen molar-refractivity contribution in [3.8, 4) is 11.6 Å². The van der Waals surface area contributed by atoms with Gasteiger partial charge < -0.3 is 19.4 Å². The topological polar surface area (TPSA) is 81.4 Å². The predicted molar refractivity (Wildman–Crippen MR) is 127 cm³/mol. The van der Waals surface area contributed by atoms with Crippen molar-refractivity contribution in [2.75, 3.05) is 25.7 Å². The quantitative estimate of drug-likeness (QED) is 0.437. The maximum absolute atomic E-state index is 12.4. The van der Waals surface area contributed by atoms with Crippen LogP contribution in [0.25, 0.3) is 11.0 Å². The molecule has 1 aliphatic rings. The van der Waals surface area contributed by atoms with E-state index in [1.807, 2.05) is 34.8 Å². The number of anilines is 2. The first-order valence-electron chi connectivity index (χ1n) is 11.7. The molecule has 0 saturated heterocycles. The Bertz CT molecular complexity index is 1140. The molecule has 9 nitrogen and oxygen atoms in total. The summed E-state index contributed by atoms with van der Waals surface area (Å²) in [4.78, 5) is 4.58. The van der Waals surface area contributed by atoms with Gasteiger partial charge in [-0.25, -0.2) is 15.1 Å². The second kappa shape index (κ2) is 10.3. The molecule has 1 fully saturated rings. The predicted octanol–water partition coefficient (Wildman–Crippen LogP) is 3.82. The van der Waals surface area contributed by atoms with Gasteiger partial charge in [-0.1, -0.05) is 0 Å². The highest BCUT2D eigenvalue weighted by atomic mass is 19.4. The molecule has 3 aromatic rings. The SMILES string of the molecule is CNN(c1cc(OC)n(C)n1)c1cc(OC2CCC(NCCC(F)(F)F)CC2)cc2c1ncn2C. The van der Waals surface area contributed by atoms with Crippen LogP contribution in [0.4, 0.5) is 24.7 Å². The van der Waals surface area contributed by atoms with Crippen LogP contribution in [0.3, 0.4) is 0 Å². The number of methoxy groups -OCH3 is 1. The minimum Gasteiger partial charge on any atom is -0.490 e. The molecule has 2 N–H and O–H groups in total. The summed E-state index contributed by atoms with van der Waals surface area (Å²) in [5.74, 6) is 1.96. The number of hydrogen-bond acceptors (Lipinski definition) is 7. The van der Waals surface area contributed by atoms with Crippen LogP contribution >= 0.6 is 0 Å². The normalized spacial score (nSPS) is 18.7. The molecule has 0 amide bonds. The van der Waals surface area contributed by atoms with Crippen LogP contribution in [-0.2, 0) is 14.1 Å². The lowest BCUT2D eigenvalue weighted by Crippen LogP contribution is -2.37. The molecule has 12 heteroatoms. The molecule has 0 atom stereocenters. The molecule has 0 unspecified atom stereocenters. The third-order valence-electron chi connectivity index (χ3n) is 6.33. The summed E-state index contributed by atoms with van der Waals surface area (Å²) in [5, 5.41) is 9.39. The summed E-state index contributed by atoms with van der Waals surface area (Å²) in [7, 11) is 7.13. The van der Waals surface area contributed by atoms with Gasteiger partial charge in [0, 0.05) is 51.9 Å². The molecule has 1 aliphatic carbocycles.